The van der Waals surface area contributed by atoms with E-state index in [2.05, 4.69) is 47.2 Å². The maximum absolute atomic E-state index is 12.0. The molecule has 0 heterocycles. The van der Waals surface area contributed by atoms with Gasteiger partial charge in [-0.1, -0.05) is 60.1 Å². The third-order valence-electron chi connectivity index (χ3n) is 3.70. The molecule has 0 atom stereocenters. The number of halogens is 1. The van der Waals surface area contributed by atoms with Crippen LogP contribution < -0.4 is 10.1 Å². The number of hydrogen-bond acceptors (Lipinski definition) is 2. The summed E-state index contributed by atoms with van der Waals surface area (Å²) < 4.78 is 6.63. The smallest absolute Gasteiger partial charge is 0.223 e. The van der Waals surface area contributed by atoms with E-state index in [1.165, 1.54) is 5.56 Å². The average Bonchev–Trinajstić information content (AvgIpc) is 2.56. The molecule has 0 aliphatic carbocycles. The van der Waals surface area contributed by atoms with E-state index in [0.717, 1.165) is 16.6 Å². The second kappa shape index (κ2) is 8.88. The lowest BCUT2D eigenvalue weighted by atomic mass is 9.85. The highest BCUT2D eigenvalue weighted by atomic mass is 79.9. The predicted octanol–water partition coefficient (Wildman–Crippen LogP) is 4.60. The Hall–Kier alpha value is -1.81. The Bertz CT molecular complexity index is 638. The molecule has 0 saturated carbocycles. The monoisotopic (exact) mass is 389 g/mol. The minimum absolute atomic E-state index is 0.00375. The van der Waals surface area contributed by atoms with Crippen LogP contribution in [0.25, 0.3) is 0 Å². The first-order valence-electron chi connectivity index (χ1n) is 8.14. The van der Waals surface area contributed by atoms with E-state index < -0.39 is 0 Å². The summed E-state index contributed by atoms with van der Waals surface area (Å²) in [5.41, 5.74) is 1.27. The van der Waals surface area contributed by atoms with E-state index in [1.807, 2.05) is 42.5 Å². The molecule has 0 unspecified atom stereocenters. The summed E-state index contributed by atoms with van der Waals surface area (Å²) in [6.07, 6.45) is 1.28. The van der Waals surface area contributed by atoms with Crippen molar-refractivity contribution in [2.24, 2.45) is 5.41 Å². The van der Waals surface area contributed by atoms with Crippen molar-refractivity contribution in [3.63, 3.8) is 0 Å². The van der Waals surface area contributed by atoms with Crippen LogP contribution in [0.1, 0.15) is 25.8 Å². The third kappa shape index (κ3) is 6.75. The van der Waals surface area contributed by atoms with Gasteiger partial charge in [0.05, 0.1) is 13.0 Å². The maximum Gasteiger partial charge on any atom is 0.223 e. The summed E-state index contributed by atoms with van der Waals surface area (Å²) in [7, 11) is 0. The van der Waals surface area contributed by atoms with Gasteiger partial charge in [-0.3, -0.25) is 4.79 Å². The zero-order valence-electron chi connectivity index (χ0n) is 14.2. The molecule has 24 heavy (non-hydrogen) atoms. The minimum Gasteiger partial charge on any atom is -0.493 e. The molecule has 2 aromatic carbocycles. The van der Waals surface area contributed by atoms with Crippen molar-refractivity contribution in [1.29, 1.82) is 0 Å². The van der Waals surface area contributed by atoms with E-state index in [0.29, 0.717) is 19.6 Å². The number of nitrogens with one attached hydrogen (secondary N) is 1. The van der Waals surface area contributed by atoms with E-state index in [9.17, 15) is 4.79 Å². The molecule has 0 bridgehead atoms. The van der Waals surface area contributed by atoms with Crippen LogP contribution in [0.2, 0.25) is 0 Å². The number of para-hydroxylation sites is 1. The number of hydrogen-bond donors (Lipinski definition) is 1. The van der Waals surface area contributed by atoms with Gasteiger partial charge in [-0.15, -0.1) is 0 Å². The highest BCUT2D eigenvalue weighted by molar-refractivity contribution is 9.10. The zero-order chi connectivity index (χ0) is 17.4. The van der Waals surface area contributed by atoms with Gasteiger partial charge in [-0.25, -0.2) is 0 Å². The quantitative estimate of drug-likeness (QED) is 0.715. The van der Waals surface area contributed by atoms with E-state index in [4.69, 9.17) is 4.74 Å². The highest BCUT2D eigenvalue weighted by Gasteiger charge is 2.19. The Morgan fingerprint density at radius 2 is 1.75 bits per heavy atom. The van der Waals surface area contributed by atoms with E-state index in [1.54, 1.807) is 0 Å². The summed E-state index contributed by atoms with van der Waals surface area (Å²) in [5.74, 6) is 0.815. The Balaban J connectivity index is 1.70. The van der Waals surface area contributed by atoms with Crippen molar-refractivity contribution in [3.8, 4) is 5.75 Å². The van der Waals surface area contributed by atoms with Gasteiger partial charge in [0.1, 0.15) is 5.75 Å². The van der Waals surface area contributed by atoms with Gasteiger partial charge in [0.25, 0.3) is 0 Å². The lowest BCUT2D eigenvalue weighted by Gasteiger charge is -2.25. The van der Waals surface area contributed by atoms with Crippen LogP contribution in [0.3, 0.4) is 0 Å². The Labute approximate surface area is 152 Å². The average molecular weight is 390 g/mol. The van der Waals surface area contributed by atoms with Crippen molar-refractivity contribution in [3.05, 3.63) is 64.6 Å². The van der Waals surface area contributed by atoms with Crippen LogP contribution in [0.4, 0.5) is 0 Å². The first-order chi connectivity index (χ1) is 11.4. The molecule has 0 spiro atoms. The van der Waals surface area contributed by atoms with Crippen molar-refractivity contribution in [2.45, 2.75) is 26.7 Å². The van der Waals surface area contributed by atoms with E-state index >= 15 is 0 Å². The standard InChI is InChI=1S/C20H24BrNO2/c1-20(2,14-16-8-10-17(21)11-9-16)15-22-19(23)12-13-24-18-6-4-3-5-7-18/h3-11H,12-15H2,1-2H3,(H,22,23). The van der Waals surface area contributed by atoms with Crippen LogP contribution in [0.5, 0.6) is 5.75 Å². The van der Waals surface area contributed by atoms with Gasteiger partial charge in [0.15, 0.2) is 0 Å². The lowest BCUT2D eigenvalue weighted by molar-refractivity contribution is -0.122. The van der Waals surface area contributed by atoms with Crippen molar-refractivity contribution in [2.75, 3.05) is 13.2 Å². The molecule has 2 aromatic rings. The number of rotatable bonds is 8. The molecule has 1 amide bonds. The van der Waals surface area contributed by atoms with Gasteiger partial charge < -0.3 is 10.1 Å². The molecule has 0 aliphatic heterocycles. The molecule has 0 saturated heterocycles. The molecule has 0 fully saturated rings. The Morgan fingerprint density at radius 1 is 1.08 bits per heavy atom. The van der Waals surface area contributed by atoms with Gasteiger partial charge in [-0.2, -0.15) is 0 Å². The molecule has 0 aromatic heterocycles. The molecule has 0 aliphatic rings. The van der Waals surface area contributed by atoms with Crippen molar-refractivity contribution in [1.82, 2.24) is 5.32 Å². The summed E-state index contributed by atoms with van der Waals surface area (Å²) in [4.78, 5) is 12.0. The third-order valence-corrected chi connectivity index (χ3v) is 4.23. The summed E-state index contributed by atoms with van der Waals surface area (Å²) in [6, 6.07) is 17.9. The second-order valence-corrected chi connectivity index (χ2v) is 7.57. The topological polar surface area (TPSA) is 38.3 Å². The molecule has 4 heteroatoms. The van der Waals surface area contributed by atoms with Gasteiger partial charge in [-0.05, 0) is 41.7 Å². The summed E-state index contributed by atoms with van der Waals surface area (Å²) in [6.45, 7) is 5.36. The first kappa shape index (κ1) is 18.5. The minimum atomic E-state index is 0.00375. The Morgan fingerprint density at radius 3 is 2.42 bits per heavy atom. The first-order valence-corrected chi connectivity index (χ1v) is 8.93. The molecule has 3 nitrogen and oxygen atoms in total. The predicted molar refractivity (Wildman–Crippen MR) is 101 cm³/mol. The molecular weight excluding hydrogens is 366 g/mol. The largest absolute Gasteiger partial charge is 0.493 e. The number of carbonyl (C=O) groups excluding carboxylic acids is 1. The Kier molecular flexibility index (Phi) is 6.85. The fourth-order valence-electron chi connectivity index (χ4n) is 2.42. The van der Waals surface area contributed by atoms with Crippen LogP contribution in [-0.4, -0.2) is 19.1 Å². The molecule has 2 rings (SSSR count). The summed E-state index contributed by atoms with van der Waals surface area (Å²) in [5, 5.41) is 3.01. The molecule has 1 N–H and O–H groups in total. The van der Waals surface area contributed by atoms with E-state index in [-0.39, 0.29) is 11.3 Å². The summed E-state index contributed by atoms with van der Waals surface area (Å²) >= 11 is 3.45. The second-order valence-electron chi connectivity index (χ2n) is 6.66. The highest BCUT2D eigenvalue weighted by Crippen LogP contribution is 2.22. The van der Waals surface area contributed by atoms with Crippen molar-refractivity contribution < 1.29 is 9.53 Å². The van der Waals surface area contributed by atoms with Crippen LogP contribution in [-0.2, 0) is 11.2 Å². The number of carbonyl (C=O) groups is 1. The zero-order valence-corrected chi connectivity index (χ0v) is 15.8. The number of amides is 1. The van der Waals surface area contributed by atoms with Gasteiger partial charge >= 0.3 is 0 Å². The normalized spacial score (nSPS) is 11.1. The number of ether oxygens (including phenoxy) is 1. The fourth-order valence-corrected chi connectivity index (χ4v) is 2.69. The lowest BCUT2D eigenvalue weighted by Crippen LogP contribution is -2.35. The molecule has 0 radical (unpaired) electrons. The van der Waals surface area contributed by atoms with Crippen molar-refractivity contribution >= 4 is 21.8 Å². The van der Waals surface area contributed by atoms with Gasteiger partial charge in [0, 0.05) is 11.0 Å². The number of benzene rings is 2. The molecular formula is C20H24BrNO2. The SMILES string of the molecule is CC(C)(CNC(=O)CCOc1ccccc1)Cc1ccc(Br)cc1. The fraction of sp³-hybridized carbons (Fsp3) is 0.350. The maximum atomic E-state index is 12.0. The molecule has 128 valence electrons. The van der Waals surface area contributed by atoms with Gasteiger partial charge in [0.2, 0.25) is 5.91 Å². The van der Waals surface area contributed by atoms with Crippen LogP contribution in [0, 0.1) is 5.41 Å². The van der Waals surface area contributed by atoms with Crippen LogP contribution in [0.15, 0.2) is 59.1 Å². The van der Waals surface area contributed by atoms with Crippen LogP contribution >= 0.6 is 15.9 Å².